The molecule has 0 bridgehead atoms. The molecule has 2 N–H and O–H groups in total. The van der Waals surface area contributed by atoms with Crippen LogP contribution in [-0.2, 0) is 0 Å². The van der Waals surface area contributed by atoms with Crippen molar-refractivity contribution in [2.75, 3.05) is 31.9 Å². The van der Waals surface area contributed by atoms with E-state index >= 15 is 0 Å². The maximum absolute atomic E-state index is 14.0. The molecule has 2 amide bonds. The van der Waals surface area contributed by atoms with E-state index in [-0.39, 0.29) is 16.5 Å². The lowest BCUT2D eigenvalue weighted by Crippen LogP contribution is -2.50. The van der Waals surface area contributed by atoms with Crippen LogP contribution >= 0.6 is 11.6 Å². The van der Waals surface area contributed by atoms with Crippen LogP contribution < -0.4 is 5.73 Å². The van der Waals surface area contributed by atoms with Crippen molar-refractivity contribution >= 4 is 29.1 Å². The smallest absolute Gasteiger partial charge is 0.256 e. The van der Waals surface area contributed by atoms with Crippen molar-refractivity contribution < 1.29 is 14.0 Å². The van der Waals surface area contributed by atoms with Crippen LogP contribution in [0.2, 0.25) is 5.02 Å². The molecule has 2 aromatic carbocycles. The number of anilines is 1. The van der Waals surface area contributed by atoms with Gasteiger partial charge in [-0.2, -0.15) is 0 Å². The SMILES string of the molecule is Cc1ccc(N)cc1C(=O)N1CCN(C(=O)c2ccc(Cl)cc2F)CC1. The zero-order valence-electron chi connectivity index (χ0n) is 14.3. The fraction of sp³-hybridized carbons (Fsp3) is 0.263. The van der Waals surface area contributed by atoms with E-state index in [1.165, 1.54) is 12.1 Å². The highest BCUT2D eigenvalue weighted by Crippen LogP contribution is 2.19. The van der Waals surface area contributed by atoms with Gasteiger partial charge in [0.2, 0.25) is 0 Å². The molecular formula is C19H19ClFN3O2. The first-order valence-electron chi connectivity index (χ1n) is 8.26. The molecule has 0 aromatic heterocycles. The minimum Gasteiger partial charge on any atom is -0.399 e. The molecule has 1 fully saturated rings. The Labute approximate surface area is 156 Å². The average Bonchev–Trinajstić information content (AvgIpc) is 2.63. The number of amides is 2. The van der Waals surface area contributed by atoms with Crippen molar-refractivity contribution in [3.63, 3.8) is 0 Å². The maximum atomic E-state index is 14.0. The summed E-state index contributed by atoms with van der Waals surface area (Å²) >= 11 is 5.73. The van der Waals surface area contributed by atoms with E-state index in [2.05, 4.69) is 0 Å². The number of halogens is 2. The summed E-state index contributed by atoms with van der Waals surface area (Å²) in [6.45, 7) is 3.31. The first kappa shape index (κ1) is 18.2. The number of nitrogens with zero attached hydrogens (tertiary/aromatic N) is 2. The normalized spacial score (nSPS) is 14.4. The summed E-state index contributed by atoms with van der Waals surface area (Å²) in [4.78, 5) is 28.4. The molecule has 7 heteroatoms. The largest absolute Gasteiger partial charge is 0.399 e. The van der Waals surface area contributed by atoms with Crippen molar-refractivity contribution in [2.45, 2.75) is 6.92 Å². The van der Waals surface area contributed by atoms with Crippen LogP contribution in [0.25, 0.3) is 0 Å². The molecule has 2 aromatic rings. The minimum atomic E-state index is -0.642. The number of benzene rings is 2. The Kier molecular flexibility index (Phi) is 5.13. The molecule has 0 unspecified atom stereocenters. The monoisotopic (exact) mass is 375 g/mol. The van der Waals surface area contributed by atoms with Gasteiger partial charge in [-0.3, -0.25) is 9.59 Å². The second-order valence-electron chi connectivity index (χ2n) is 6.28. The fourth-order valence-electron chi connectivity index (χ4n) is 2.99. The highest BCUT2D eigenvalue weighted by atomic mass is 35.5. The lowest BCUT2D eigenvalue weighted by molar-refractivity contribution is 0.0532. The van der Waals surface area contributed by atoms with Gasteiger partial charge in [0.25, 0.3) is 11.8 Å². The van der Waals surface area contributed by atoms with Crippen LogP contribution in [0.1, 0.15) is 26.3 Å². The Morgan fingerprint density at radius 3 is 2.12 bits per heavy atom. The first-order chi connectivity index (χ1) is 12.4. The van der Waals surface area contributed by atoms with Gasteiger partial charge in [-0.05, 0) is 42.8 Å². The average molecular weight is 376 g/mol. The lowest BCUT2D eigenvalue weighted by atomic mass is 10.1. The molecule has 0 saturated carbocycles. The molecule has 5 nitrogen and oxygen atoms in total. The van der Waals surface area contributed by atoms with E-state index in [4.69, 9.17) is 17.3 Å². The van der Waals surface area contributed by atoms with E-state index in [1.807, 2.05) is 13.0 Å². The molecule has 0 spiro atoms. The van der Waals surface area contributed by atoms with Crippen molar-refractivity contribution in [3.8, 4) is 0 Å². The summed E-state index contributed by atoms with van der Waals surface area (Å²) in [6.07, 6.45) is 0. The van der Waals surface area contributed by atoms with E-state index in [1.54, 1.807) is 21.9 Å². The summed E-state index contributed by atoms with van der Waals surface area (Å²) < 4.78 is 14.0. The molecule has 136 valence electrons. The number of carbonyl (C=O) groups excluding carboxylic acids is 2. The van der Waals surface area contributed by atoms with Crippen LogP contribution in [0, 0.1) is 12.7 Å². The van der Waals surface area contributed by atoms with Crippen LogP contribution in [0.15, 0.2) is 36.4 Å². The second-order valence-corrected chi connectivity index (χ2v) is 6.72. The molecule has 1 aliphatic heterocycles. The summed E-state index contributed by atoms with van der Waals surface area (Å²) in [6, 6.07) is 9.22. The van der Waals surface area contributed by atoms with Crippen LogP contribution in [0.3, 0.4) is 0 Å². The van der Waals surface area contributed by atoms with Gasteiger partial charge in [-0.25, -0.2) is 4.39 Å². The summed E-state index contributed by atoms with van der Waals surface area (Å²) in [5, 5.41) is 0.243. The Balaban J connectivity index is 1.68. The van der Waals surface area contributed by atoms with Gasteiger partial charge in [-0.15, -0.1) is 0 Å². The number of hydrogen-bond donors (Lipinski definition) is 1. The molecule has 26 heavy (non-hydrogen) atoms. The third-order valence-corrected chi connectivity index (χ3v) is 4.74. The summed E-state index contributed by atoms with van der Waals surface area (Å²) in [5.41, 5.74) is 7.71. The predicted octanol–water partition coefficient (Wildman–Crippen LogP) is 2.97. The standard InChI is InChI=1S/C19H19ClFN3O2/c1-12-2-4-14(22)11-16(12)19(26)24-8-6-23(7-9-24)18(25)15-5-3-13(20)10-17(15)21/h2-5,10-11H,6-9,22H2,1H3. The Bertz CT molecular complexity index is 864. The second kappa shape index (κ2) is 7.33. The predicted molar refractivity (Wildman–Crippen MR) is 98.8 cm³/mol. The molecular weight excluding hydrogens is 357 g/mol. The molecule has 1 aliphatic rings. The van der Waals surface area contributed by atoms with E-state index in [0.29, 0.717) is 37.4 Å². The van der Waals surface area contributed by atoms with Crippen molar-refractivity contribution in [2.24, 2.45) is 0 Å². The zero-order chi connectivity index (χ0) is 18.8. The number of piperazine rings is 1. The minimum absolute atomic E-state index is 0.0131. The van der Waals surface area contributed by atoms with Gasteiger partial charge >= 0.3 is 0 Å². The fourth-order valence-corrected chi connectivity index (χ4v) is 3.15. The molecule has 3 rings (SSSR count). The summed E-state index contributed by atoms with van der Waals surface area (Å²) in [5.74, 6) is -1.15. The molecule has 0 aliphatic carbocycles. The molecule has 1 heterocycles. The highest BCUT2D eigenvalue weighted by molar-refractivity contribution is 6.30. The first-order valence-corrected chi connectivity index (χ1v) is 8.64. The molecule has 0 atom stereocenters. The van der Waals surface area contributed by atoms with Gasteiger partial charge in [0.15, 0.2) is 0 Å². The Morgan fingerprint density at radius 1 is 0.962 bits per heavy atom. The quantitative estimate of drug-likeness (QED) is 0.820. The molecule has 0 radical (unpaired) electrons. The van der Waals surface area contributed by atoms with Crippen molar-refractivity contribution in [1.82, 2.24) is 9.80 Å². The zero-order valence-corrected chi connectivity index (χ0v) is 15.1. The number of carbonyl (C=O) groups is 2. The highest BCUT2D eigenvalue weighted by Gasteiger charge is 2.27. The third kappa shape index (κ3) is 3.65. The van der Waals surface area contributed by atoms with Crippen LogP contribution in [-0.4, -0.2) is 47.8 Å². The van der Waals surface area contributed by atoms with Crippen molar-refractivity contribution in [1.29, 1.82) is 0 Å². The maximum Gasteiger partial charge on any atom is 0.256 e. The third-order valence-electron chi connectivity index (χ3n) is 4.51. The van der Waals surface area contributed by atoms with Crippen molar-refractivity contribution in [3.05, 3.63) is 63.9 Å². The van der Waals surface area contributed by atoms with E-state index in [0.717, 1.165) is 11.6 Å². The van der Waals surface area contributed by atoms with Crippen LogP contribution in [0.4, 0.5) is 10.1 Å². The van der Waals surface area contributed by atoms with Gasteiger partial charge in [0.1, 0.15) is 5.82 Å². The van der Waals surface area contributed by atoms with Gasteiger partial charge in [0.05, 0.1) is 5.56 Å². The van der Waals surface area contributed by atoms with Gasteiger partial charge in [0, 0.05) is 42.5 Å². The van der Waals surface area contributed by atoms with Gasteiger partial charge in [-0.1, -0.05) is 17.7 Å². The Morgan fingerprint density at radius 2 is 1.54 bits per heavy atom. The lowest BCUT2D eigenvalue weighted by Gasteiger charge is -2.35. The van der Waals surface area contributed by atoms with E-state index < -0.39 is 11.7 Å². The number of nitrogen functional groups attached to an aromatic ring is 1. The number of hydrogen-bond acceptors (Lipinski definition) is 3. The number of nitrogens with two attached hydrogens (primary N) is 1. The number of aryl methyl sites for hydroxylation is 1. The van der Waals surface area contributed by atoms with Crippen LogP contribution in [0.5, 0.6) is 0 Å². The van der Waals surface area contributed by atoms with E-state index in [9.17, 15) is 14.0 Å². The summed E-state index contributed by atoms with van der Waals surface area (Å²) in [7, 11) is 0. The topological polar surface area (TPSA) is 66.6 Å². The molecule has 1 saturated heterocycles. The number of rotatable bonds is 2. The Hall–Kier alpha value is -2.60. The van der Waals surface area contributed by atoms with Gasteiger partial charge < -0.3 is 15.5 Å².